The highest BCUT2D eigenvalue weighted by Crippen LogP contribution is 2.32. The largest absolute Gasteiger partial charge is 0.346 e. The zero-order valence-corrected chi connectivity index (χ0v) is 16.1. The standard InChI is InChI=1S/C21H28N4O2/c1-13(2)18(19-22-16-5-3-4-6-17(16)23-19)24-20(26)14-9-11-25(12-10-14)21(27)15-7-8-15/h3-6,13-15,18H,7-12H2,1-2H3,(H,22,23)(H,24,26)/t18-/m0/s1. The van der Waals surface area contributed by atoms with Crippen LogP contribution in [0.25, 0.3) is 11.0 Å². The van der Waals surface area contributed by atoms with Gasteiger partial charge in [-0.3, -0.25) is 9.59 Å². The molecule has 1 saturated carbocycles. The quantitative estimate of drug-likeness (QED) is 0.851. The molecular formula is C21H28N4O2. The molecule has 2 heterocycles. The number of imidazole rings is 1. The monoisotopic (exact) mass is 368 g/mol. The number of likely N-dealkylation sites (tertiary alicyclic amines) is 1. The van der Waals surface area contributed by atoms with Gasteiger partial charge in [0.15, 0.2) is 0 Å². The van der Waals surface area contributed by atoms with E-state index in [2.05, 4.69) is 29.1 Å². The predicted octanol–water partition coefficient (Wildman–Crippen LogP) is 3.02. The van der Waals surface area contributed by atoms with Crippen LogP contribution in [0.4, 0.5) is 0 Å². The van der Waals surface area contributed by atoms with Crippen LogP contribution in [-0.4, -0.2) is 39.8 Å². The van der Waals surface area contributed by atoms with Gasteiger partial charge in [0.25, 0.3) is 0 Å². The SMILES string of the molecule is CC(C)[C@H](NC(=O)C1CCN(C(=O)C2CC2)CC1)c1nc2ccccc2[nH]1. The van der Waals surface area contributed by atoms with E-state index in [9.17, 15) is 9.59 Å². The smallest absolute Gasteiger partial charge is 0.225 e. The summed E-state index contributed by atoms with van der Waals surface area (Å²) in [5.74, 6) is 1.63. The van der Waals surface area contributed by atoms with Crippen molar-refractivity contribution in [3.05, 3.63) is 30.1 Å². The summed E-state index contributed by atoms with van der Waals surface area (Å²) in [5.41, 5.74) is 1.90. The molecule has 6 heteroatoms. The molecule has 0 radical (unpaired) electrons. The summed E-state index contributed by atoms with van der Waals surface area (Å²) in [5, 5.41) is 3.21. The second kappa shape index (κ2) is 7.33. The average molecular weight is 368 g/mol. The minimum absolute atomic E-state index is 0.0288. The first-order valence-corrected chi connectivity index (χ1v) is 10.1. The highest BCUT2D eigenvalue weighted by atomic mass is 16.2. The van der Waals surface area contributed by atoms with E-state index < -0.39 is 0 Å². The molecule has 0 unspecified atom stereocenters. The van der Waals surface area contributed by atoms with Crippen LogP contribution < -0.4 is 5.32 Å². The number of carbonyl (C=O) groups is 2. The van der Waals surface area contributed by atoms with Gasteiger partial charge in [-0.05, 0) is 43.7 Å². The Balaban J connectivity index is 1.40. The summed E-state index contributed by atoms with van der Waals surface area (Å²) in [7, 11) is 0. The number of amides is 2. The van der Waals surface area contributed by atoms with Crippen LogP contribution in [0.1, 0.15) is 51.4 Å². The summed E-state index contributed by atoms with van der Waals surface area (Å²) in [4.78, 5) is 35.0. The first kappa shape index (κ1) is 18.0. The van der Waals surface area contributed by atoms with Crippen molar-refractivity contribution in [3.8, 4) is 0 Å². The number of para-hydroxylation sites is 2. The molecule has 27 heavy (non-hydrogen) atoms. The maximum Gasteiger partial charge on any atom is 0.225 e. The van der Waals surface area contributed by atoms with Gasteiger partial charge < -0.3 is 15.2 Å². The van der Waals surface area contributed by atoms with Crippen molar-refractivity contribution in [2.24, 2.45) is 17.8 Å². The lowest BCUT2D eigenvalue weighted by atomic mass is 9.94. The number of aromatic nitrogens is 2. The molecule has 1 aromatic carbocycles. The molecule has 2 amide bonds. The molecule has 6 nitrogen and oxygen atoms in total. The summed E-state index contributed by atoms with van der Waals surface area (Å²) in [6.45, 7) is 5.58. The van der Waals surface area contributed by atoms with E-state index in [0.717, 1.165) is 42.5 Å². The fraction of sp³-hybridized carbons (Fsp3) is 0.571. The Kier molecular flexibility index (Phi) is 4.89. The van der Waals surface area contributed by atoms with E-state index in [1.807, 2.05) is 29.2 Å². The predicted molar refractivity (Wildman–Crippen MR) is 104 cm³/mol. The minimum Gasteiger partial charge on any atom is -0.346 e. The lowest BCUT2D eigenvalue weighted by Gasteiger charge is -2.32. The Hall–Kier alpha value is -2.37. The molecule has 0 spiro atoms. The van der Waals surface area contributed by atoms with Gasteiger partial charge in [-0.1, -0.05) is 26.0 Å². The van der Waals surface area contributed by atoms with Gasteiger partial charge in [-0.25, -0.2) is 4.98 Å². The van der Waals surface area contributed by atoms with Crippen molar-refractivity contribution in [1.82, 2.24) is 20.2 Å². The van der Waals surface area contributed by atoms with Crippen molar-refractivity contribution in [2.75, 3.05) is 13.1 Å². The number of benzene rings is 1. The van der Waals surface area contributed by atoms with Crippen LogP contribution in [0.3, 0.4) is 0 Å². The molecule has 2 aromatic rings. The topological polar surface area (TPSA) is 78.1 Å². The molecule has 1 aliphatic carbocycles. The van der Waals surface area contributed by atoms with Crippen LogP contribution in [0.15, 0.2) is 24.3 Å². The Morgan fingerprint density at radius 3 is 2.44 bits per heavy atom. The van der Waals surface area contributed by atoms with Crippen LogP contribution in [0.2, 0.25) is 0 Å². The highest BCUT2D eigenvalue weighted by molar-refractivity contribution is 5.82. The van der Waals surface area contributed by atoms with E-state index >= 15 is 0 Å². The number of rotatable bonds is 5. The Bertz CT molecular complexity index is 799. The van der Waals surface area contributed by atoms with Gasteiger partial charge in [0.05, 0.1) is 17.1 Å². The molecule has 1 aliphatic heterocycles. The second-order valence-electron chi connectivity index (χ2n) is 8.24. The highest BCUT2D eigenvalue weighted by Gasteiger charge is 2.36. The molecule has 1 aromatic heterocycles. The van der Waals surface area contributed by atoms with Gasteiger partial charge in [0.2, 0.25) is 11.8 Å². The zero-order chi connectivity index (χ0) is 19.0. The number of nitrogens with zero attached hydrogens (tertiary/aromatic N) is 2. The maximum atomic E-state index is 12.9. The number of nitrogens with one attached hydrogen (secondary N) is 2. The number of hydrogen-bond donors (Lipinski definition) is 2. The third-order valence-corrected chi connectivity index (χ3v) is 5.77. The van der Waals surface area contributed by atoms with Crippen LogP contribution in [0, 0.1) is 17.8 Å². The number of hydrogen-bond acceptors (Lipinski definition) is 3. The van der Waals surface area contributed by atoms with E-state index in [4.69, 9.17) is 0 Å². The second-order valence-corrected chi connectivity index (χ2v) is 8.24. The maximum absolute atomic E-state index is 12.9. The van der Waals surface area contributed by atoms with Crippen LogP contribution in [-0.2, 0) is 9.59 Å². The Morgan fingerprint density at radius 1 is 1.11 bits per heavy atom. The summed E-state index contributed by atoms with van der Waals surface area (Å²) in [6, 6.07) is 7.77. The summed E-state index contributed by atoms with van der Waals surface area (Å²) in [6.07, 6.45) is 3.56. The van der Waals surface area contributed by atoms with E-state index in [1.54, 1.807) is 0 Å². The normalized spacial score (nSPS) is 19.4. The molecule has 144 valence electrons. The number of fused-ring (bicyclic) bond motifs is 1. The number of aromatic amines is 1. The molecule has 0 bridgehead atoms. The van der Waals surface area contributed by atoms with Crippen LogP contribution >= 0.6 is 0 Å². The average Bonchev–Trinajstić information content (AvgIpc) is 3.44. The molecule has 4 rings (SSSR count). The van der Waals surface area contributed by atoms with Crippen LogP contribution in [0.5, 0.6) is 0 Å². The molecule has 2 aliphatic rings. The number of carbonyl (C=O) groups excluding carboxylic acids is 2. The number of piperidine rings is 1. The summed E-state index contributed by atoms with van der Waals surface area (Å²) >= 11 is 0. The van der Waals surface area contributed by atoms with Crippen molar-refractivity contribution >= 4 is 22.8 Å². The first-order valence-electron chi connectivity index (χ1n) is 10.1. The minimum atomic E-state index is -0.143. The third kappa shape index (κ3) is 3.84. The van der Waals surface area contributed by atoms with E-state index in [0.29, 0.717) is 13.1 Å². The van der Waals surface area contributed by atoms with E-state index in [1.165, 1.54) is 0 Å². The van der Waals surface area contributed by atoms with Gasteiger partial charge in [0, 0.05) is 24.9 Å². The molecule has 1 atom stereocenters. The fourth-order valence-corrected chi connectivity index (χ4v) is 3.89. The van der Waals surface area contributed by atoms with Gasteiger partial charge in [0.1, 0.15) is 5.82 Å². The van der Waals surface area contributed by atoms with Crippen molar-refractivity contribution in [3.63, 3.8) is 0 Å². The van der Waals surface area contributed by atoms with Gasteiger partial charge >= 0.3 is 0 Å². The lowest BCUT2D eigenvalue weighted by molar-refractivity contribution is -0.137. The molecule has 2 fully saturated rings. The van der Waals surface area contributed by atoms with Gasteiger partial charge in [-0.15, -0.1) is 0 Å². The Morgan fingerprint density at radius 2 is 1.81 bits per heavy atom. The third-order valence-electron chi connectivity index (χ3n) is 5.77. The molecule has 1 saturated heterocycles. The van der Waals surface area contributed by atoms with E-state index in [-0.39, 0.29) is 35.6 Å². The van der Waals surface area contributed by atoms with Crippen molar-refractivity contribution < 1.29 is 9.59 Å². The zero-order valence-electron chi connectivity index (χ0n) is 16.1. The van der Waals surface area contributed by atoms with Crippen molar-refractivity contribution in [2.45, 2.75) is 45.6 Å². The Labute approximate surface area is 159 Å². The van der Waals surface area contributed by atoms with Gasteiger partial charge in [-0.2, -0.15) is 0 Å². The molecule has 2 N–H and O–H groups in total. The lowest BCUT2D eigenvalue weighted by Crippen LogP contribution is -2.44. The van der Waals surface area contributed by atoms with Crippen molar-refractivity contribution in [1.29, 1.82) is 0 Å². The number of H-pyrrole nitrogens is 1. The first-order chi connectivity index (χ1) is 13.0. The summed E-state index contributed by atoms with van der Waals surface area (Å²) < 4.78 is 0. The molecular weight excluding hydrogens is 340 g/mol. The fourth-order valence-electron chi connectivity index (χ4n) is 3.89.